The summed E-state index contributed by atoms with van der Waals surface area (Å²) in [4.78, 5) is 4.27. The minimum absolute atomic E-state index is 0.191. The predicted octanol–water partition coefficient (Wildman–Crippen LogP) is 1.81. The van der Waals surface area contributed by atoms with Crippen LogP contribution in [0.2, 0.25) is 0 Å². The normalized spacial score (nSPS) is 12.6. The van der Waals surface area contributed by atoms with Gasteiger partial charge in [-0.15, -0.1) is 0 Å². The molecule has 0 spiro atoms. The standard InChI is InChI=1S/C14H19FN4/c1-3-19-14(17-10-18-19)9-13(16-2)8-11-5-4-6-12(15)7-11/h4-7,10,13,16H,3,8-9H2,1-2H3. The number of likely N-dealkylation sites (N-methyl/N-ethyl adjacent to an activating group) is 1. The molecule has 0 saturated heterocycles. The highest BCUT2D eigenvalue weighted by Gasteiger charge is 2.12. The van der Waals surface area contributed by atoms with Gasteiger partial charge in [0.1, 0.15) is 18.0 Å². The second kappa shape index (κ2) is 6.43. The first-order chi connectivity index (χ1) is 9.22. The molecule has 0 saturated carbocycles. The fraction of sp³-hybridized carbons (Fsp3) is 0.429. The smallest absolute Gasteiger partial charge is 0.138 e. The van der Waals surface area contributed by atoms with Gasteiger partial charge in [-0.05, 0) is 38.1 Å². The Kier molecular flexibility index (Phi) is 4.63. The summed E-state index contributed by atoms with van der Waals surface area (Å²) in [6.07, 6.45) is 3.12. The lowest BCUT2D eigenvalue weighted by Crippen LogP contribution is -2.31. The van der Waals surface area contributed by atoms with E-state index in [2.05, 4.69) is 15.4 Å². The Morgan fingerprint density at radius 1 is 1.37 bits per heavy atom. The molecule has 0 bridgehead atoms. The summed E-state index contributed by atoms with van der Waals surface area (Å²) in [7, 11) is 1.91. The molecular formula is C14H19FN4. The molecule has 4 nitrogen and oxygen atoms in total. The fourth-order valence-electron chi connectivity index (χ4n) is 2.16. The Morgan fingerprint density at radius 3 is 2.89 bits per heavy atom. The van der Waals surface area contributed by atoms with Crippen molar-refractivity contribution in [3.05, 3.63) is 47.8 Å². The largest absolute Gasteiger partial charge is 0.316 e. The summed E-state index contributed by atoms with van der Waals surface area (Å²) >= 11 is 0. The lowest BCUT2D eigenvalue weighted by atomic mass is 10.0. The van der Waals surface area contributed by atoms with Gasteiger partial charge in [0.2, 0.25) is 0 Å². The van der Waals surface area contributed by atoms with E-state index in [-0.39, 0.29) is 11.9 Å². The number of nitrogens with zero attached hydrogens (tertiary/aromatic N) is 3. The molecule has 19 heavy (non-hydrogen) atoms. The van der Waals surface area contributed by atoms with Gasteiger partial charge in [-0.25, -0.2) is 9.37 Å². The molecule has 1 aromatic carbocycles. The molecule has 0 fully saturated rings. The topological polar surface area (TPSA) is 42.7 Å². The highest BCUT2D eigenvalue weighted by atomic mass is 19.1. The molecule has 2 aromatic rings. The Bertz CT molecular complexity index is 524. The summed E-state index contributed by atoms with van der Waals surface area (Å²) < 4.78 is 15.1. The Morgan fingerprint density at radius 2 is 2.21 bits per heavy atom. The van der Waals surface area contributed by atoms with E-state index in [4.69, 9.17) is 0 Å². The summed E-state index contributed by atoms with van der Waals surface area (Å²) in [6.45, 7) is 2.85. The molecule has 2 rings (SSSR count). The van der Waals surface area contributed by atoms with Crippen LogP contribution < -0.4 is 5.32 Å². The molecule has 0 amide bonds. The average Bonchev–Trinajstić information content (AvgIpc) is 2.85. The van der Waals surface area contributed by atoms with Crippen LogP contribution in [0.1, 0.15) is 18.3 Å². The molecule has 1 heterocycles. The van der Waals surface area contributed by atoms with E-state index in [1.54, 1.807) is 18.5 Å². The molecule has 1 aromatic heterocycles. The van der Waals surface area contributed by atoms with E-state index in [0.717, 1.165) is 30.8 Å². The minimum Gasteiger partial charge on any atom is -0.316 e. The van der Waals surface area contributed by atoms with Crippen molar-refractivity contribution in [1.29, 1.82) is 0 Å². The SMILES string of the molecule is CCn1ncnc1CC(Cc1cccc(F)c1)NC. The molecule has 1 N–H and O–H groups in total. The van der Waals surface area contributed by atoms with Crippen LogP contribution in [0.25, 0.3) is 0 Å². The zero-order valence-electron chi connectivity index (χ0n) is 11.3. The first kappa shape index (κ1) is 13.7. The number of hydrogen-bond donors (Lipinski definition) is 1. The van der Waals surface area contributed by atoms with Crippen molar-refractivity contribution in [2.24, 2.45) is 0 Å². The monoisotopic (exact) mass is 262 g/mol. The number of hydrogen-bond acceptors (Lipinski definition) is 3. The van der Waals surface area contributed by atoms with Crippen LogP contribution in [0.5, 0.6) is 0 Å². The van der Waals surface area contributed by atoms with Gasteiger partial charge >= 0.3 is 0 Å². The van der Waals surface area contributed by atoms with Gasteiger partial charge in [-0.1, -0.05) is 12.1 Å². The lowest BCUT2D eigenvalue weighted by Gasteiger charge is -2.16. The Balaban J connectivity index is 2.04. The van der Waals surface area contributed by atoms with Crippen molar-refractivity contribution >= 4 is 0 Å². The summed E-state index contributed by atoms with van der Waals surface area (Å²) in [5.41, 5.74) is 0.988. The van der Waals surface area contributed by atoms with Crippen molar-refractivity contribution < 1.29 is 4.39 Å². The Labute approximate surface area is 112 Å². The second-order valence-electron chi connectivity index (χ2n) is 4.52. The van der Waals surface area contributed by atoms with Gasteiger partial charge in [0.25, 0.3) is 0 Å². The van der Waals surface area contributed by atoms with Crippen LogP contribution in [-0.2, 0) is 19.4 Å². The van der Waals surface area contributed by atoms with E-state index >= 15 is 0 Å². The minimum atomic E-state index is -0.191. The summed E-state index contributed by atoms with van der Waals surface area (Å²) in [5, 5.41) is 7.42. The van der Waals surface area contributed by atoms with E-state index < -0.39 is 0 Å². The van der Waals surface area contributed by atoms with Crippen molar-refractivity contribution in [3.63, 3.8) is 0 Å². The Hall–Kier alpha value is -1.75. The number of rotatable bonds is 6. The quantitative estimate of drug-likeness (QED) is 0.863. The number of nitrogens with one attached hydrogen (secondary N) is 1. The third kappa shape index (κ3) is 3.61. The second-order valence-corrected chi connectivity index (χ2v) is 4.52. The molecule has 1 atom stereocenters. The van der Waals surface area contributed by atoms with E-state index in [0.29, 0.717) is 0 Å². The summed E-state index contributed by atoms with van der Waals surface area (Å²) in [6, 6.07) is 6.95. The molecule has 0 radical (unpaired) electrons. The molecular weight excluding hydrogens is 243 g/mol. The zero-order valence-corrected chi connectivity index (χ0v) is 11.3. The molecule has 0 aliphatic carbocycles. The van der Waals surface area contributed by atoms with Crippen molar-refractivity contribution in [2.75, 3.05) is 7.05 Å². The van der Waals surface area contributed by atoms with Gasteiger partial charge in [0.15, 0.2) is 0 Å². The van der Waals surface area contributed by atoms with Crippen molar-refractivity contribution in [3.8, 4) is 0 Å². The maximum absolute atomic E-state index is 13.2. The number of halogens is 1. The van der Waals surface area contributed by atoms with E-state index in [1.165, 1.54) is 6.07 Å². The maximum atomic E-state index is 13.2. The summed E-state index contributed by atoms with van der Waals surface area (Å²) in [5.74, 6) is 0.766. The maximum Gasteiger partial charge on any atom is 0.138 e. The molecule has 0 aliphatic rings. The molecule has 5 heteroatoms. The van der Waals surface area contributed by atoms with Crippen molar-refractivity contribution in [1.82, 2.24) is 20.1 Å². The number of aryl methyl sites for hydroxylation is 1. The van der Waals surface area contributed by atoms with Crippen LogP contribution in [-0.4, -0.2) is 27.9 Å². The van der Waals surface area contributed by atoms with Gasteiger partial charge in [0.05, 0.1) is 0 Å². The molecule has 1 unspecified atom stereocenters. The lowest BCUT2D eigenvalue weighted by molar-refractivity contribution is 0.512. The van der Waals surface area contributed by atoms with Gasteiger partial charge in [0, 0.05) is 19.0 Å². The van der Waals surface area contributed by atoms with Crippen LogP contribution in [0.15, 0.2) is 30.6 Å². The number of benzene rings is 1. The fourth-order valence-corrected chi connectivity index (χ4v) is 2.16. The van der Waals surface area contributed by atoms with Gasteiger partial charge in [-0.2, -0.15) is 5.10 Å². The van der Waals surface area contributed by atoms with Gasteiger partial charge in [-0.3, -0.25) is 4.68 Å². The third-order valence-corrected chi connectivity index (χ3v) is 3.20. The molecule has 0 aliphatic heterocycles. The average molecular weight is 262 g/mol. The number of aromatic nitrogens is 3. The zero-order chi connectivity index (χ0) is 13.7. The van der Waals surface area contributed by atoms with E-state index in [1.807, 2.05) is 24.7 Å². The van der Waals surface area contributed by atoms with E-state index in [9.17, 15) is 4.39 Å². The highest BCUT2D eigenvalue weighted by molar-refractivity contribution is 5.17. The highest BCUT2D eigenvalue weighted by Crippen LogP contribution is 2.09. The van der Waals surface area contributed by atoms with Gasteiger partial charge < -0.3 is 5.32 Å². The predicted molar refractivity (Wildman–Crippen MR) is 72.4 cm³/mol. The third-order valence-electron chi connectivity index (χ3n) is 3.20. The van der Waals surface area contributed by atoms with Crippen LogP contribution in [0.4, 0.5) is 4.39 Å². The van der Waals surface area contributed by atoms with Crippen LogP contribution in [0, 0.1) is 5.82 Å². The van der Waals surface area contributed by atoms with Crippen LogP contribution in [0.3, 0.4) is 0 Å². The van der Waals surface area contributed by atoms with Crippen LogP contribution >= 0.6 is 0 Å². The first-order valence-corrected chi connectivity index (χ1v) is 6.51. The first-order valence-electron chi connectivity index (χ1n) is 6.51. The molecule has 102 valence electrons. The van der Waals surface area contributed by atoms with Crippen molar-refractivity contribution in [2.45, 2.75) is 32.4 Å².